The first-order valence-electron chi connectivity index (χ1n) is 5.92. The zero-order chi connectivity index (χ0) is 13.5. The standard InChI is InChI=1S/C13H18FNO3/c1-3-7-15-13(17)9(2)18-12-10(8-16)5-4-6-11(12)14/h4-6,9,16H,3,7-8H2,1-2H3,(H,15,17). The molecule has 0 fully saturated rings. The first kappa shape index (κ1) is 14.4. The van der Waals surface area contributed by atoms with Crippen molar-refractivity contribution >= 4 is 5.91 Å². The first-order chi connectivity index (χ1) is 8.60. The van der Waals surface area contributed by atoms with Crippen LogP contribution in [-0.2, 0) is 11.4 Å². The van der Waals surface area contributed by atoms with Crippen LogP contribution in [0.15, 0.2) is 18.2 Å². The van der Waals surface area contributed by atoms with E-state index >= 15 is 0 Å². The summed E-state index contributed by atoms with van der Waals surface area (Å²) in [7, 11) is 0. The van der Waals surface area contributed by atoms with Gasteiger partial charge in [-0.25, -0.2) is 4.39 Å². The third-order valence-corrected chi connectivity index (χ3v) is 2.43. The molecule has 0 saturated carbocycles. The molecule has 0 aliphatic heterocycles. The summed E-state index contributed by atoms with van der Waals surface area (Å²) in [6.07, 6.45) is 0.0128. The van der Waals surface area contributed by atoms with Crippen LogP contribution in [0.3, 0.4) is 0 Å². The molecule has 0 aliphatic carbocycles. The number of hydrogen-bond acceptors (Lipinski definition) is 3. The van der Waals surface area contributed by atoms with Crippen LogP contribution in [-0.4, -0.2) is 23.7 Å². The highest BCUT2D eigenvalue weighted by molar-refractivity contribution is 5.80. The molecule has 2 N–H and O–H groups in total. The van der Waals surface area contributed by atoms with Crippen molar-refractivity contribution < 1.29 is 19.0 Å². The minimum absolute atomic E-state index is 0.0702. The highest BCUT2D eigenvalue weighted by atomic mass is 19.1. The van der Waals surface area contributed by atoms with Crippen LogP contribution >= 0.6 is 0 Å². The molecule has 1 amide bonds. The lowest BCUT2D eigenvalue weighted by molar-refractivity contribution is -0.127. The van der Waals surface area contributed by atoms with Crippen molar-refractivity contribution in [3.8, 4) is 5.75 Å². The third-order valence-electron chi connectivity index (χ3n) is 2.43. The summed E-state index contributed by atoms with van der Waals surface area (Å²) < 4.78 is 18.8. The third kappa shape index (κ3) is 3.70. The summed E-state index contributed by atoms with van der Waals surface area (Å²) in [5, 5.41) is 11.7. The Labute approximate surface area is 106 Å². The van der Waals surface area contributed by atoms with Gasteiger partial charge in [0.1, 0.15) is 0 Å². The Kier molecular flexibility index (Phi) is 5.58. The van der Waals surface area contributed by atoms with E-state index in [1.807, 2.05) is 6.92 Å². The van der Waals surface area contributed by atoms with Gasteiger partial charge in [-0.2, -0.15) is 0 Å². The number of rotatable bonds is 6. The van der Waals surface area contributed by atoms with Crippen LogP contribution in [0.25, 0.3) is 0 Å². The number of para-hydroxylation sites is 1. The lowest BCUT2D eigenvalue weighted by Gasteiger charge is -2.17. The van der Waals surface area contributed by atoms with E-state index in [9.17, 15) is 9.18 Å². The Morgan fingerprint density at radius 1 is 1.56 bits per heavy atom. The summed E-state index contributed by atoms with van der Waals surface area (Å²) in [6, 6.07) is 4.26. The number of aliphatic hydroxyl groups excluding tert-OH is 1. The monoisotopic (exact) mass is 255 g/mol. The zero-order valence-electron chi connectivity index (χ0n) is 10.6. The molecule has 0 radical (unpaired) electrons. The maximum atomic E-state index is 13.5. The average Bonchev–Trinajstić information content (AvgIpc) is 2.38. The van der Waals surface area contributed by atoms with E-state index in [-0.39, 0.29) is 18.3 Å². The summed E-state index contributed by atoms with van der Waals surface area (Å²) in [5.74, 6) is -0.958. The van der Waals surface area contributed by atoms with Gasteiger partial charge in [0.25, 0.3) is 5.91 Å². The van der Waals surface area contributed by atoms with Crippen molar-refractivity contribution in [1.82, 2.24) is 5.32 Å². The summed E-state index contributed by atoms with van der Waals surface area (Å²) >= 11 is 0. The van der Waals surface area contributed by atoms with Crippen LogP contribution in [0.1, 0.15) is 25.8 Å². The summed E-state index contributed by atoms with van der Waals surface area (Å²) in [6.45, 7) is 3.69. The molecule has 5 heteroatoms. The maximum Gasteiger partial charge on any atom is 0.260 e. The highest BCUT2D eigenvalue weighted by Gasteiger charge is 2.18. The van der Waals surface area contributed by atoms with Crippen LogP contribution in [0.4, 0.5) is 4.39 Å². The lowest BCUT2D eigenvalue weighted by atomic mass is 10.2. The number of halogens is 1. The SMILES string of the molecule is CCCNC(=O)C(C)Oc1c(F)cccc1CO. The van der Waals surface area contributed by atoms with E-state index in [2.05, 4.69) is 5.32 Å². The van der Waals surface area contributed by atoms with Crippen LogP contribution in [0.5, 0.6) is 5.75 Å². The van der Waals surface area contributed by atoms with E-state index in [0.29, 0.717) is 12.1 Å². The molecule has 18 heavy (non-hydrogen) atoms. The predicted molar refractivity (Wildman–Crippen MR) is 65.7 cm³/mol. The van der Waals surface area contributed by atoms with Gasteiger partial charge < -0.3 is 15.2 Å². The van der Waals surface area contributed by atoms with Crippen LogP contribution in [0, 0.1) is 5.82 Å². The fraction of sp³-hybridized carbons (Fsp3) is 0.462. The van der Waals surface area contributed by atoms with E-state index < -0.39 is 11.9 Å². The minimum atomic E-state index is -0.807. The van der Waals surface area contributed by atoms with Gasteiger partial charge in [-0.3, -0.25) is 4.79 Å². The molecule has 4 nitrogen and oxygen atoms in total. The minimum Gasteiger partial charge on any atom is -0.477 e. The Bertz CT molecular complexity index is 409. The topological polar surface area (TPSA) is 58.6 Å². The van der Waals surface area contributed by atoms with E-state index in [0.717, 1.165) is 6.42 Å². The molecule has 1 rings (SSSR count). The van der Waals surface area contributed by atoms with E-state index in [1.54, 1.807) is 13.0 Å². The number of benzene rings is 1. The second kappa shape index (κ2) is 6.96. The van der Waals surface area contributed by atoms with Crippen molar-refractivity contribution in [2.24, 2.45) is 0 Å². The van der Waals surface area contributed by atoms with Crippen molar-refractivity contribution in [3.05, 3.63) is 29.6 Å². The van der Waals surface area contributed by atoms with Gasteiger partial charge in [-0.05, 0) is 19.4 Å². The molecular formula is C13H18FNO3. The number of aliphatic hydroxyl groups is 1. The molecule has 0 bridgehead atoms. The van der Waals surface area contributed by atoms with Crippen molar-refractivity contribution in [3.63, 3.8) is 0 Å². The van der Waals surface area contributed by atoms with Crippen molar-refractivity contribution in [2.75, 3.05) is 6.54 Å². The molecule has 0 heterocycles. The molecule has 1 atom stereocenters. The normalized spacial score (nSPS) is 12.0. The Morgan fingerprint density at radius 2 is 2.28 bits per heavy atom. The largest absolute Gasteiger partial charge is 0.477 e. The van der Waals surface area contributed by atoms with Gasteiger partial charge in [0.15, 0.2) is 17.7 Å². The number of hydrogen-bond donors (Lipinski definition) is 2. The molecule has 1 aromatic carbocycles. The second-order valence-corrected chi connectivity index (χ2v) is 3.94. The fourth-order valence-corrected chi connectivity index (χ4v) is 1.43. The molecular weight excluding hydrogens is 237 g/mol. The van der Waals surface area contributed by atoms with Gasteiger partial charge in [0.2, 0.25) is 0 Å². The second-order valence-electron chi connectivity index (χ2n) is 3.94. The first-order valence-corrected chi connectivity index (χ1v) is 5.92. The smallest absolute Gasteiger partial charge is 0.260 e. The Morgan fingerprint density at radius 3 is 2.89 bits per heavy atom. The molecule has 0 aliphatic rings. The number of ether oxygens (including phenoxy) is 1. The van der Waals surface area contributed by atoms with Gasteiger partial charge in [-0.15, -0.1) is 0 Å². The van der Waals surface area contributed by atoms with Crippen LogP contribution in [0.2, 0.25) is 0 Å². The average molecular weight is 255 g/mol. The van der Waals surface area contributed by atoms with Crippen molar-refractivity contribution in [1.29, 1.82) is 0 Å². The summed E-state index contributed by atoms with van der Waals surface area (Å²) in [4.78, 5) is 11.6. The number of carbonyl (C=O) groups is 1. The predicted octanol–water partition coefficient (Wildman–Crippen LogP) is 1.61. The molecule has 100 valence electrons. The van der Waals surface area contributed by atoms with Gasteiger partial charge >= 0.3 is 0 Å². The molecule has 0 spiro atoms. The van der Waals surface area contributed by atoms with Gasteiger partial charge in [-0.1, -0.05) is 19.1 Å². The van der Waals surface area contributed by atoms with Gasteiger partial charge in [0, 0.05) is 12.1 Å². The number of carbonyl (C=O) groups excluding carboxylic acids is 1. The Hall–Kier alpha value is -1.62. The zero-order valence-corrected chi connectivity index (χ0v) is 10.6. The van der Waals surface area contributed by atoms with Crippen LogP contribution < -0.4 is 10.1 Å². The number of nitrogens with one attached hydrogen (secondary N) is 1. The van der Waals surface area contributed by atoms with Gasteiger partial charge in [0.05, 0.1) is 6.61 Å². The Balaban J connectivity index is 2.75. The van der Waals surface area contributed by atoms with E-state index in [4.69, 9.17) is 9.84 Å². The molecule has 1 aromatic rings. The molecule has 0 aromatic heterocycles. The molecule has 1 unspecified atom stereocenters. The van der Waals surface area contributed by atoms with E-state index in [1.165, 1.54) is 12.1 Å². The number of amides is 1. The fourth-order valence-electron chi connectivity index (χ4n) is 1.43. The maximum absolute atomic E-state index is 13.5. The molecule has 0 saturated heterocycles. The van der Waals surface area contributed by atoms with Crippen molar-refractivity contribution in [2.45, 2.75) is 33.0 Å². The highest BCUT2D eigenvalue weighted by Crippen LogP contribution is 2.23. The quantitative estimate of drug-likeness (QED) is 0.812. The summed E-state index contributed by atoms with van der Waals surface area (Å²) in [5.41, 5.74) is 0.324. The lowest BCUT2D eigenvalue weighted by Crippen LogP contribution is -2.37.